The Bertz CT molecular complexity index is 520. The summed E-state index contributed by atoms with van der Waals surface area (Å²) in [5, 5.41) is 3.18. The van der Waals surface area contributed by atoms with E-state index < -0.39 is 11.5 Å². The van der Waals surface area contributed by atoms with Crippen molar-refractivity contribution in [2.75, 3.05) is 13.7 Å². The van der Waals surface area contributed by atoms with Gasteiger partial charge in [0, 0.05) is 12.4 Å². The van der Waals surface area contributed by atoms with Crippen molar-refractivity contribution in [3.63, 3.8) is 0 Å². The number of nitrogens with zero attached hydrogens (tertiary/aromatic N) is 1. The molecule has 0 radical (unpaired) electrons. The van der Waals surface area contributed by atoms with E-state index in [-0.39, 0.29) is 18.0 Å². The molecule has 0 saturated carbocycles. The molecule has 2 heterocycles. The zero-order valence-electron chi connectivity index (χ0n) is 12.5. The minimum absolute atomic E-state index is 0.309. The summed E-state index contributed by atoms with van der Waals surface area (Å²) >= 11 is 0. The lowest BCUT2D eigenvalue weighted by Crippen LogP contribution is -2.36. The van der Waals surface area contributed by atoms with Crippen molar-refractivity contribution >= 4 is 11.9 Å². The van der Waals surface area contributed by atoms with Gasteiger partial charge in [-0.3, -0.25) is 19.9 Å². The Balaban J connectivity index is 2.31. The zero-order valence-corrected chi connectivity index (χ0v) is 12.5. The Kier molecular flexibility index (Phi) is 4.57. The van der Waals surface area contributed by atoms with Crippen LogP contribution >= 0.6 is 0 Å². The number of ether oxygens (including phenoxy) is 2. The fourth-order valence-electron chi connectivity index (χ4n) is 2.83. The van der Waals surface area contributed by atoms with Crippen LogP contribution in [0.15, 0.2) is 24.5 Å². The summed E-state index contributed by atoms with van der Waals surface area (Å²) in [5.74, 6) is -0.699. The monoisotopic (exact) mass is 292 g/mol. The highest BCUT2D eigenvalue weighted by molar-refractivity contribution is 5.83. The third kappa shape index (κ3) is 2.90. The molecule has 3 unspecified atom stereocenters. The van der Waals surface area contributed by atoms with E-state index in [0.717, 1.165) is 5.56 Å². The van der Waals surface area contributed by atoms with Crippen LogP contribution in [0.4, 0.5) is 0 Å². The third-order valence-electron chi connectivity index (χ3n) is 3.87. The molecule has 2 rings (SSSR count). The molecule has 1 fully saturated rings. The van der Waals surface area contributed by atoms with Crippen molar-refractivity contribution in [3.8, 4) is 0 Å². The fourth-order valence-corrected chi connectivity index (χ4v) is 2.83. The van der Waals surface area contributed by atoms with Gasteiger partial charge in [-0.2, -0.15) is 0 Å². The van der Waals surface area contributed by atoms with Gasteiger partial charge in [0.05, 0.1) is 25.2 Å². The summed E-state index contributed by atoms with van der Waals surface area (Å²) in [6.45, 7) is 3.86. The quantitative estimate of drug-likeness (QED) is 0.841. The van der Waals surface area contributed by atoms with Crippen LogP contribution in [0.3, 0.4) is 0 Å². The maximum absolute atomic E-state index is 12.2. The summed E-state index contributed by atoms with van der Waals surface area (Å²) in [5.41, 5.74) is 0.00654. The molecule has 1 saturated heterocycles. The second kappa shape index (κ2) is 6.22. The second-order valence-corrected chi connectivity index (χ2v) is 5.30. The lowest BCUT2D eigenvalue weighted by molar-refractivity contribution is -0.152. The molecule has 114 valence electrons. The normalized spacial score (nSPS) is 28.1. The maximum Gasteiger partial charge on any atom is 0.323 e. The fraction of sp³-hybridized carbons (Fsp3) is 0.533. The summed E-state index contributed by atoms with van der Waals surface area (Å²) in [4.78, 5) is 28.3. The number of esters is 2. The number of methoxy groups -OCH3 is 1. The van der Waals surface area contributed by atoms with Gasteiger partial charge in [-0.05, 0) is 31.9 Å². The molecule has 21 heavy (non-hydrogen) atoms. The smallest absolute Gasteiger partial charge is 0.323 e. The van der Waals surface area contributed by atoms with Crippen molar-refractivity contribution < 1.29 is 19.1 Å². The number of rotatable bonds is 4. The van der Waals surface area contributed by atoms with E-state index in [9.17, 15) is 9.59 Å². The molecule has 1 N–H and O–H groups in total. The summed E-state index contributed by atoms with van der Waals surface area (Å²) in [7, 11) is 1.35. The average molecular weight is 292 g/mol. The van der Waals surface area contributed by atoms with Crippen LogP contribution in [-0.2, 0) is 19.1 Å². The van der Waals surface area contributed by atoms with Crippen LogP contribution < -0.4 is 5.32 Å². The van der Waals surface area contributed by atoms with Gasteiger partial charge in [-0.1, -0.05) is 6.07 Å². The SMILES string of the molecule is CCOC(=O)C1CC(C)(C(=O)OC)C(c2cccnc2)N1. The van der Waals surface area contributed by atoms with Crippen molar-refractivity contribution in [1.29, 1.82) is 0 Å². The largest absolute Gasteiger partial charge is 0.469 e. The molecule has 0 bridgehead atoms. The first kappa shape index (κ1) is 15.4. The molecular weight excluding hydrogens is 272 g/mol. The first-order valence-corrected chi connectivity index (χ1v) is 6.94. The molecule has 0 spiro atoms. The molecule has 0 amide bonds. The van der Waals surface area contributed by atoms with Gasteiger partial charge in [0.1, 0.15) is 6.04 Å². The molecule has 0 aromatic carbocycles. The lowest BCUT2D eigenvalue weighted by atomic mass is 9.79. The third-order valence-corrected chi connectivity index (χ3v) is 3.87. The number of pyridine rings is 1. The minimum atomic E-state index is -0.838. The number of hydrogen-bond acceptors (Lipinski definition) is 6. The van der Waals surface area contributed by atoms with E-state index in [1.165, 1.54) is 7.11 Å². The van der Waals surface area contributed by atoms with Crippen LogP contribution in [0, 0.1) is 5.41 Å². The highest BCUT2D eigenvalue weighted by atomic mass is 16.5. The first-order chi connectivity index (χ1) is 10.0. The number of hydrogen-bond donors (Lipinski definition) is 1. The molecule has 6 nitrogen and oxygen atoms in total. The Morgan fingerprint density at radius 1 is 1.52 bits per heavy atom. The zero-order chi connectivity index (χ0) is 15.5. The molecule has 1 aromatic heterocycles. The van der Waals surface area contributed by atoms with Crippen LogP contribution in [-0.4, -0.2) is 36.7 Å². The first-order valence-electron chi connectivity index (χ1n) is 6.94. The second-order valence-electron chi connectivity index (χ2n) is 5.30. The Morgan fingerprint density at radius 3 is 2.86 bits per heavy atom. The van der Waals surface area contributed by atoms with E-state index in [1.807, 2.05) is 6.07 Å². The number of nitrogens with one attached hydrogen (secondary N) is 1. The minimum Gasteiger partial charge on any atom is -0.469 e. The van der Waals surface area contributed by atoms with Gasteiger partial charge < -0.3 is 9.47 Å². The van der Waals surface area contributed by atoms with Crippen molar-refractivity contribution in [1.82, 2.24) is 10.3 Å². The predicted molar refractivity (Wildman–Crippen MR) is 75.3 cm³/mol. The van der Waals surface area contributed by atoms with Gasteiger partial charge in [0.25, 0.3) is 0 Å². The van der Waals surface area contributed by atoms with E-state index >= 15 is 0 Å². The van der Waals surface area contributed by atoms with Crippen molar-refractivity contribution in [3.05, 3.63) is 30.1 Å². The van der Waals surface area contributed by atoms with Gasteiger partial charge in [0.2, 0.25) is 0 Å². The maximum atomic E-state index is 12.2. The number of carbonyl (C=O) groups is 2. The van der Waals surface area contributed by atoms with Crippen molar-refractivity contribution in [2.45, 2.75) is 32.4 Å². The van der Waals surface area contributed by atoms with E-state index in [1.54, 1.807) is 32.3 Å². The summed E-state index contributed by atoms with van der Waals surface area (Å²) in [6, 6.07) is 2.80. The van der Waals surface area contributed by atoms with Gasteiger partial charge in [-0.25, -0.2) is 0 Å². The van der Waals surface area contributed by atoms with Crippen LogP contribution in [0.5, 0.6) is 0 Å². The Morgan fingerprint density at radius 2 is 2.29 bits per heavy atom. The highest BCUT2D eigenvalue weighted by Gasteiger charge is 2.52. The van der Waals surface area contributed by atoms with E-state index in [2.05, 4.69) is 10.3 Å². The van der Waals surface area contributed by atoms with Gasteiger partial charge in [0.15, 0.2) is 0 Å². The molecule has 0 aliphatic carbocycles. The molecule has 3 atom stereocenters. The molecule has 1 aliphatic rings. The number of carbonyl (C=O) groups excluding carboxylic acids is 2. The van der Waals surface area contributed by atoms with Crippen LogP contribution in [0.2, 0.25) is 0 Å². The van der Waals surface area contributed by atoms with Crippen molar-refractivity contribution in [2.24, 2.45) is 5.41 Å². The number of aromatic nitrogens is 1. The Hall–Kier alpha value is -1.95. The van der Waals surface area contributed by atoms with Gasteiger partial charge >= 0.3 is 11.9 Å². The summed E-state index contributed by atoms with van der Waals surface area (Å²) < 4.78 is 9.97. The molecule has 1 aliphatic heterocycles. The van der Waals surface area contributed by atoms with Gasteiger partial charge in [-0.15, -0.1) is 0 Å². The Labute approximate surface area is 123 Å². The predicted octanol–water partition coefficient (Wildman–Crippen LogP) is 1.23. The average Bonchev–Trinajstić information content (AvgIpc) is 2.87. The topological polar surface area (TPSA) is 77.5 Å². The van der Waals surface area contributed by atoms with E-state index in [4.69, 9.17) is 9.47 Å². The molecular formula is C15H20N2O4. The highest BCUT2D eigenvalue weighted by Crippen LogP contribution is 2.44. The van der Waals surface area contributed by atoms with E-state index in [0.29, 0.717) is 13.0 Å². The summed E-state index contributed by atoms with van der Waals surface area (Å²) in [6.07, 6.45) is 3.68. The standard InChI is InChI=1S/C15H20N2O4/c1-4-21-13(18)11-8-15(2,14(19)20-3)12(17-11)10-6-5-7-16-9-10/h5-7,9,11-12,17H,4,8H2,1-3H3. The molecule has 1 aromatic rings. The lowest BCUT2D eigenvalue weighted by Gasteiger charge is -2.27. The molecule has 6 heteroatoms. The van der Waals surface area contributed by atoms with Crippen LogP contribution in [0.1, 0.15) is 31.9 Å². The van der Waals surface area contributed by atoms with Crippen LogP contribution in [0.25, 0.3) is 0 Å².